The number of aryl methyl sites for hydroxylation is 1. The number of likely N-dealkylation sites (tertiary alicyclic amines) is 1. The lowest BCUT2D eigenvalue weighted by Crippen LogP contribution is -2.49. The maximum atomic E-state index is 12.8. The fraction of sp³-hybridized carbons (Fsp3) is 0.500. The van der Waals surface area contributed by atoms with Crippen molar-refractivity contribution in [2.45, 2.75) is 31.3 Å². The Bertz CT molecular complexity index is 898. The van der Waals surface area contributed by atoms with E-state index in [1.807, 2.05) is 30.5 Å². The van der Waals surface area contributed by atoms with Crippen LogP contribution in [0.15, 0.2) is 36.5 Å². The second kappa shape index (κ2) is 7.72. The van der Waals surface area contributed by atoms with Gasteiger partial charge in [-0.25, -0.2) is 9.97 Å². The molecule has 0 unspecified atom stereocenters. The fourth-order valence-electron chi connectivity index (χ4n) is 4.72. The zero-order valence-corrected chi connectivity index (χ0v) is 16.6. The topological polar surface area (TPSA) is 70.6 Å². The molecule has 1 amide bonds. The van der Waals surface area contributed by atoms with Gasteiger partial charge in [0.1, 0.15) is 0 Å². The molecular weight excluding hydrogens is 366 g/mol. The number of nitrogens with zero attached hydrogens (tertiary/aromatic N) is 4. The number of fused-ring (bicyclic) bond motifs is 1. The summed E-state index contributed by atoms with van der Waals surface area (Å²) in [5.74, 6) is 0.856. The number of carbonyl (C=O) groups excluding carboxylic acids is 1. The molecule has 1 aromatic heterocycles. The van der Waals surface area contributed by atoms with E-state index < -0.39 is 0 Å². The Hall–Kier alpha value is -2.51. The first-order valence-corrected chi connectivity index (χ1v) is 10.5. The molecule has 2 aromatic rings. The summed E-state index contributed by atoms with van der Waals surface area (Å²) >= 11 is 0. The first kappa shape index (κ1) is 18.5. The third kappa shape index (κ3) is 3.84. The van der Waals surface area contributed by atoms with Crippen LogP contribution >= 0.6 is 0 Å². The van der Waals surface area contributed by atoms with Crippen molar-refractivity contribution >= 4 is 11.9 Å². The third-order valence-corrected chi connectivity index (χ3v) is 6.33. The zero-order valence-electron chi connectivity index (χ0n) is 16.6. The molecule has 1 atom stereocenters. The lowest BCUT2D eigenvalue weighted by molar-refractivity contribution is 0.0902. The van der Waals surface area contributed by atoms with Crippen molar-refractivity contribution in [3.8, 4) is 0 Å². The van der Waals surface area contributed by atoms with Gasteiger partial charge in [0, 0.05) is 44.5 Å². The van der Waals surface area contributed by atoms with Gasteiger partial charge in [0.2, 0.25) is 5.95 Å². The monoisotopic (exact) mass is 393 g/mol. The summed E-state index contributed by atoms with van der Waals surface area (Å²) in [7, 11) is 0. The lowest BCUT2D eigenvalue weighted by atomic mass is 9.91. The van der Waals surface area contributed by atoms with Gasteiger partial charge in [-0.15, -0.1) is 0 Å². The van der Waals surface area contributed by atoms with E-state index in [1.54, 1.807) is 0 Å². The predicted octanol–water partition coefficient (Wildman–Crippen LogP) is 1.63. The number of morpholine rings is 1. The molecule has 0 bridgehead atoms. The van der Waals surface area contributed by atoms with Crippen LogP contribution in [0.5, 0.6) is 0 Å². The SMILES string of the molecule is O=C1N[C@]2(CCc3ccccc31)CCN(Cc1ccnc(N3CCOCC3)n1)C2. The average Bonchev–Trinajstić information content (AvgIpc) is 3.09. The maximum Gasteiger partial charge on any atom is 0.252 e. The number of benzene rings is 1. The van der Waals surface area contributed by atoms with Crippen molar-refractivity contribution < 1.29 is 9.53 Å². The molecule has 0 radical (unpaired) electrons. The molecule has 4 heterocycles. The fourth-order valence-corrected chi connectivity index (χ4v) is 4.72. The first-order valence-electron chi connectivity index (χ1n) is 10.5. The molecule has 1 aromatic carbocycles. The van der Waals surface area contributed by atoms with Gasteiger partial charge in [-0.1, -0.05) is 18.2 Å². The summed E-state index contributed by atoms with van der Waals surface area (Å²) in [5, 5.41) is 3.35. The Morgan fingerprint density at radius 1 is 1.10 bits per heavy atom. The molecule has 2 fully saturated rings. The molecule has 0 saturated carbocycles. The molecule has 1 spiro atoms. The van der Waals surface area contributed by atoms with Gasteiger partial charge in [-0.05, 0) is 37.0 Å². The van der Waals surface area contributed by atoms with E-state index in [2.05, 4.69) is 26.2 Å². The zero-order chi connectivity index (χ0) is 19.7. The maximum absolute atomic E-state index is 12.8. The standard InChI is InChI=1S/C22H27N5O2/c28-20-19-4-2-1-3-17(19)5-7-22(25-20)8-10-26(16-22)15-18-6-9-23-21(24-18)27-11-13-29-14-12-27/h1-4,6,9H,5,7-8,10-16H2,(H,25,28)/t22-/m1/s1. The predicted molar refractivity (Wildman–Crippen MR) is 110 cm³/mol. The molecule has 7 heteroatoms. The van der Waals surface area contributed by atoms with Crippen molar-refractivity contribution in [1.82, 2.24) is 20.2 Å². The molecule has 2 saturated heterocycles. The van der Waals surface area contributed by atoms with Crippen LogP contribution in [-0.4, -0.2) is 65.7 Å². The van der Waals surface area contributed by atoms with E-state index in [-0.39, 0.29) is 11.4 Å². The van der Waals surface area contributed by atoms with Gasteiger partial charge in [0.05, 0.1) is 24.4 Å². The van der Waals surface area contributed by atoms with Crippen molar-refractivity contribution in [2.24, 2.45) is 0 Å². The number of rotatable bonds is 3. The van der Waals surface area contributed by atoms with Crippen LogP contribution in [0.2, 0.25) is 0 Å². The van der Waals surface area contributed by atoms with Crippen LogP contribution in [0.25, 0.3) is 0 Å². The minimum atomic E-state index is -0.143. The Kier molecular flexibility index (Phi) is 4.93. The minimum Gasteiger partial charge on any atom is -0.378 e. The molecule has 152 valence electrons. The normalized spacial score (nSPS) is 25.0. The quantitative estimate of drug-likeness (QED) is 0.855. The average molecular weight is 393 g/mol. The van der Waals surface area contributed by atoms with Gasteiger partial charge in [-0.2, -0.15) is 0 Å². The van der Waals surface area contributed by atoms with E-state index in [9.17, 15) is 4.79 Å². The summed E-state index contributed by atoms with van der Waals surface area (Å²) in [6.07, 6.45) is 4.75. The van der Waals surface area contributed by atoms with E-state index in [0.29, 0.717) is 0 Å². The highest BCUT2D eigenvalue weighted by molar-refractivity contribution is 5.96. The van der Waals surface area contributed by atoms with E-state index in [1.165, 1.54) is 0 Å². The highest BCUT2D eigenvalue weighted by atomic mass is 16.5. The summed E-state index contributed by atoms with van der Waals surface area (Å²) in [6.45, 7) is 5.74. The molecular formula is C22H27N5O2. The van der Waals surface area contributed by atoms with E-state index >= 15 is 0 Å². The number of ether oxygens (including phenoxy) is 1. The Balaban J connectivity index is 1.26. The van der Waals surface area contributed by atoms with Crippen LogP contribution in [0.3, 0.4) is 0 Å². The number of anilines is 1. The number of hydrogen-bond donors (Lipinski definition) is 1. The van der Waals surface area contributed by atoms with Gasteiger partial charge in [0.25, 0.3) is 5.91 Å². The first-order chi connectivity index (χ1) is 14.2. The van der Waals surface area contributed by atoms with Crippen LogP contribution < -0.4 is 10.2 Å². The molecule has 29 heavy (non-hydrogen) atoms. The summed E-state index contributed by atoms with van der Waals surface area (Å²) in [6, 6.07) is 9.97. The van der Waals surface area contributed by atoms with E-state index in [0.717, 1.165) is 88.0 Å². The smallest absolute Gasteiger partial charge is 0.252 e. The second-order valence-electron chi connectivity index (χ2n) is 8.30. The number of amides is 1. The largest absolute Gasteiger partial charge is 0.378 e. The van der Waals surface area contributed by atoms with Gasteiger partial charge in [-0.3, -0.25) is 9.69 Å². The van der Waals surface area contributed by atoms with Crippen LogP contribution in [0.1, 0.15) is 34.5 Å². The van der Waals surface area contributed by atoms with Gasteiger partial charge >= 0.3 is 0 Å². The molecule has 0 aliphatic carbocycles. The number of carbonyl (C=O) groups is 1. The number of hydrogen-bond acceptors (Lipinski definition) is 6. The van der Waals surface area contributed by atoms with Crippen molar-refractivity contribution in [2.75, 3.05) is 44.3 Å². The molecule has 5 rings (SSSR count). The van der Waals surface area contributed by atoms with Gasteiger partial charge < -0.3 is 15.0 Å². The van der Waals surface area contributed by atoms with E-state index in [4.69, 9.17) is 9.72 Å². The highest BCUT2D eigenvalue weighted by Crippen LogP contribution is 2.31. The van der Waals surface area contributed by atoms with Crippen LogP contribution in [0, 0.1) is 0 Å². The summed E-state index contributed by atoms with van der Waals surface area (Å²) < 4.78 is 5.43. The molecule has 3 aliphatic heterocycles. The van der Waals surface area contributed by atoms with Crippen molar-refractivity contribution in [1.29, 1.82) is 0 Å². The van der Waals surface area contributed by atoms with Crippen LogP contribution in [-0.2, 0) is 17.7 Å². The third-order valence-electron chi connectivity index (χ3n) is 6.33. The van der Waals surface area contributed by atoms with Crippen molar-refractivity contribution in [3.05, 3.63) is 53.3 Å². The summed E-state index contributed by atoms with van der Waals surface area (Å²) in [4.78, 5) is 26.6. The summed E-state index contributed by atoms with van der Waals surface area (Å²) in [5.41, 5.74) is 2.87. The Morgan fingerprint density at radius 2 is 1.97 bits per heavy atom. The molecule has 1 N–H and O–H groups in total. The Morgan fingerprint density at radius 3 is 2.86 bits per heavy atom. The van der Waals surface area contributed by atoms with Crippen molar-refractivity contribution in [3.63, 3.8) is 0 Å². The Labute approximate surface area is 171 Å². The second-order valence-corrected chi connectivity index (χ2v) is 8.30. The van der Waals surface area contributed by atoms with Gasteiger partial charge in [0.15, 0.2) is 0 Å². The number of nitrogens with one attached hydrogen (secondary N) is 1. The molecule has 7 nitrogen and oxygen atoms in total. The lowest BCUT2D eigenvalue weighted by Gasteiger charge is -2.29. The van der Waals surface area contributed by atoms with Crippen LogP contribution in [0.4, 0.5) is 5.95 Å². The number of aromatic nitrogens is 2. The molecule has 3 aliphatic rings. The minimum absolute atomic E-state index is 0.0663. The highest BCUT2D eigenvalue weighted by Gasteiger charge is 2.41.